The van der Waals surface area contributed by atoms with Gasteiger partial charge in [0.25, 0.3) is 11.8 Å². The zero-order chi connectivity index (χ0) is 25.2. The van der Waals surface area contributed by atoms with Crippen molar-refractivity contribution in [3.63, 3.8) is 0 Å². The second-order valence-electron chi connectivity index (χ2n) is 8.55. The van der Waals surface area contributed by atoms with Gasteiger partial charge in [-0.2, -0.15) is 5.26 Å². The molecule has 1 aliphatic rings. The number of carbonyl (C=O) groups is 2. The number of imide groups is 1. The summed E-state index contributed by atoms with van der Waals surface area (Å²) in [6.45, 7) is 4.59. The Morgan fingerprint density at radius 1 is 0.914 bits per heavy atom. The summed E-state index contributed by atoms with van der Waals surface area (Å²) in [5, 5.41) is 9.61. The Kier molecular flexibility index (Phi) is 9.25. The van der Waals surface area contributed by atoms with Crippen LogP contribution in [-0.2, 0) is 16.1 Å². The van der Waals surface area contributed by atoms with Crippen molar-refractivity contribution in [3.8, 4) is 17.6 Å². The van der Waals surface area contributed by atoms with E-state index < -0.39 is 11.8 Å². The standard InChI is InChI=1S/C29H32N2O4/c1-4-5-6-7-8-17-35-25-15-9-22(10-16-25)18-26-21(2)27(19-30)29(33)31(28(26)32)20-23-11-13-24(34-3)14-12-23/h9-16,18H,4-8,17,20H2,1-3H3/b26-18+. The summed E-state index contributed by atoms with van der Waals surface area (Å²) >= 11 is 0. The molecule has 1 aliphatic heterocycles. The van der Waals surface area contributed by atoms with Gasteiger partial charge in [-0.15, -0.1) is 0 Å². The smallest absolute Gasteiger partial charge is 0.271 e. The van der Waals surface area contributed by atoms with Crippen molar-refractivity contribution in [1.29, 1.82) is 5.26 Å². The molecule has 2 amide bonds. The second-order valence-corrected chi connectivity index (χ2v) is 8.55. The third kappa shape index (κ3) is 6.60. The maximum Gasteiger partial charge on any atom is 0.271 e. The van der Waals surface area contributed by atoms with Gasteiger partial charge in [-0.3, -0.25) is 14.5 Å². The molecule has 0 saturated heterocycles. The van der Waals surface area contributed by atoms with Gasteiger partial charge in [0.05, 0.1) is 20.3 Å². The first-order valence-electron chi connectivity index (χ1n) is 12.0. The molecular weight excluding hydrogens is 440 g/mol. The van der Waals surface area contributed by atoms with Crippen LogP contribution in [0.15, 0.2) is 65.3 Å². The quantitative estimate of drug-likeness (QED) is 0.233. The van der Waals surface area contributed by atoms with E-state index in [1.165, 1.54) is 25.7 Å². The largest absolute Gasteiger partial charge is 0.497 e. The normalized spacial score (nSPS) is 14.9. The Hall–Kier alpha value is -3.85. The number of ether oxygens (including phenoxy) is 2. The molecular formula is C29H32N2O4. The molecule has 0 spiro atoms. The van der Waals surface area contributed by atoms with Crippen LogP contribution in [-0.4, -0.2) is 30.4 Å². The average Bonchev–Trinajstić information content (AvgIpc) is 2.88. The summed E-state index contributed by atoms with van der Waals surface area (Å²) in [6, 6.07) is 16.6. The number of methoxy groups -OCH3 is 1. The van der Waals surface area contributed by atoms with Crippen LogP contribution >= 0.6 is 0 Å². The van der Waals surface area contributed by atoms with Crippen LogP contribution in [0.1, 0.15) is 57.1 Å². The van der Waals surface area contributed by atoms with Gasteiger partial charge >= 0.3 is 0 Å². The van der Waals surface area contributed by atoms with E-state index >= 15 is 0 Å². The summed E-state index contributed by atoms with van der Waals surface area (Å²) in [5.41, 5.74) is 2.26. The molecule has 182 valence electrons. The first kappa shape index (κ1) is 25.8. The molecule has 0 aliphatic carbocycles. The number of carbonyl (C=O) groups excluding carboxylic acids is 2. The molecule has 0 bridgehead atoms. The second kappa shape index (κ2) is 12.6. The van der Waals surface area contributed by atoms with E-state index in [2.05, 4.69) is 6.92 Å². The van der Waals surface area contributed by atoms with Gasteiger partial charge in [0, 0.05) is 5.57 Å². The number of nitrogens with zero attached hydrogens (tertiary/aromatic N) is 2. The Morgan fingerprint density at radius 3 is 2.20 bits per heavy atom. The van der Waals surface area contributed by atoms with Crippen molar-refractivity contribution in [2.75, 3.05) is 13.7 Å². The van der Waals surface area contributed by atoms with Gasteiger partial charge in [0.15, 0.2) is 0 Å². The van der Waals surface area contributed by atoms with Crippen molar-refractivity contribution >= 4 is 17.9 Å². The van der Waals surface area contributed by atoms with Gasteiger partial charge in [0.2, 0.25) is 0 Å². The number of unbranched alkanes of at least 4 members (excludes halogenated alkanes) is 4. The summed E-state index contributed by atoms with van der Waals surface area (Å²) in [4.78, 5) is 27.3. The van der Waals surface area contributed by atoms with Crippen molar-refractivity contribution in [1.82, 2.24) is 4.90 Å². The van der Waals surface area contributed by atoms with Crippen molar-refractivity contribution < 1.29 is 19.1 Å². The Bertz CT molecular complexity index is 1140. The molecule has 6 heteroatoms. The SMILES string of the molecule is CCCCCCCOc1ccc(/C=C2/C(=O)N(Cc3ccc(OC)cc3)C(=O)C(C#N)=C2C)cc1. The lowest BCUT2D eigenvalue weighted by Crippen LogP contribution is -2.42. The van der Waals surface area contributed by atoms with Crippen LogP contribution in [0, 0.1) is 11.3 Å². The fraction of sp³-hybridized carbons (Fsp3) is 0.345. The highest BCUT2D eigenvalue weighted by Crippen LogP contribution is 2.29. The monoisotopic (exact) mass is 472 g/mol. The lowest BCUT2D eigenvalue weighted by Gasteiger charge is -2.27. The number of rotatable bonds is 11. The fourth-order valence-corrected chi connectivity index (χ4v) is 3.91. The van der Waals surface area contributed by atoms with Crippen LogP contribution in [0.5, 0.6) is 11.5 Å². The van der Waals surface area contributed by atoms with Gasteiger partial charge in [-0.25, -0.2) is 0 Å². The topological polar surface area (TPSA) is 79.6 Å². The molecule has 0 radical (unpaired) electrons. The molecule has 0 fully saturated rings. The number of hydrogen-bond donors (Lipinski definition) is 0. The minimum absolute atomic E-state index is 0.0209. The van der Waals surface area contributed by atoms with E-state index in [0.29, 0.717) is 23.5 Å². The van der Waals surface area contributed by atoms with Gasteiger partial charge in [0.1, 0.15) is 23.1 Å². The van der Waals surface area contributed by atoms with Gasteiger partial charge in [-0.1, -0.05) is 56.9 Å². The third-order valence-corrected chi connectivity index (χ3v) is 6.03. The first-order valence-corrected chi connectivity index (χ1v) is 12.0. The highest BCUT2D eigenvalue weighted by molar-refractivity contribution is 6.19. The molecule has 1 heterocycles. The van der Waals surface area contributed by atoms with Gasteiger partial charge < -0.3 is 9.47 Å². The summed E-state index contributed by atoms with van der Waals surface area (Å²) in [6.07, 6.45) is 7.62. The maximum absolute atomic E-state index is 13.3. The van der Waals surface area contributed by atoms with E-state index in [4.69, 9.17) is 9.47 Å². The molecule has 3 rings (SSSR count). The minimum Gasteiger partial charge on any atom is -0.497 e. The Labute approximate surface area is 207 Å². The van der Waals surface area contributed by atoms with Crippen LogP contribution in [0.25, 0.3) is 6.08 Å². The number of amides is 2. The highest BCUT2D eigenvalue weighted by Gasteiger charge is 2.35. The van der Waals surface area contributed by atoms with Crippen molar-refractivity contribution in [3.05, 3.63) is 76.4 Å². The van der Waals surface area contributed by atoms with Crippen LogP contribution in [0.2, 0.25) is 0 Å². The van der Waals surface area contributed by atoms with Crippen LogP contribution < -0.4 is 9.47 Å². The van der Waals surface area contributed by atoms with Crippen molar-refractivity contribution in [2.24, 2.45) is 0 Å². The zero-order valence-electron chi connectivity index (χ0n) is 20.7. The zero-order valence-corrected chi connectivity index (χ0v) is 20.7. The first-order chi connectivity index (χ1) is 17.0. The highest BCUT2D eigenvalue weighted by atomic mass is 16.5. The minimum atomic E-state index is -0.578. The molecule has 0 saturated carbocycles. The number of hydrogen-bond acceptors (Lipinski definition) is 5. The molecule has 0 unspecified atom stereocenters. The van der Waals surface area contributed by atoms with Crippen molar-refractivity contribution in [2.45, 2.75) is 52.5 Å². The van der Waals surface area contributed by atoms with E-state index in [9.17, 15) is 14.9 Å². The lowest BCUT2D eigenvalue weighted by molar-refractivity contribution is -0.141. The predicted molar refractivity (Wildman–Crippen MR) is 136 cm³/mol. The van der Waals surface area contributed by atoms with Crippen LogP contribution in [0.3, 0.4) is 0 Å². The van der Waals surface area contributed by atoms with Crippen LogP contribution in [0.4, 0.5) is 0 Å². The Morgan fingerprint density at radius 2 is 1.57 bits per heavy atom. The lowest BCUT2D eigenvalue weighted by atomic mass is 9.93. The Balaban J connectivity index is 1.75. The third-order valence-electron chi connectivity index (χ3n) is 6.03. The van der Waals surface area contributed by atoms with E-state index in [0.717, 1.165) is 28.2 Å². The maximum atomic E-state index is 13.3. The van der Waals surface area contributed by atoms with E-state index in [-0.39, 0.29) is 12.1 Å². The van der Waals surface area contributed by atoms with E-state index in [1.54, 1.807) is 44.4 Å². The molecule has 35 heavy (non-hydrogen) atoms. The predicted octanol–water partition coefficient (Wildman–Crippen LogP) is 5.84. The van der Waals surface area contributed by atoms with Gasteiger partial charge in [-0.05, 0) is 60.4 Å². The molecule has 6 nitrogen and oxygen atoms in total. The number of benzene rings is 2. The number of nitriles is 1. The molecule has 2 aromatic carbocycles. The fourth-order valence-electron chi connectivity index (χ4n) is 3.91. The summed E-state index contributed by atoms with van der Waals surface area (Å²) in [7, 11) is 1.57. The summed E-state index contributed by atoms with van der Waals surface area (Å²) < 4.78 is 11.0. The molecule has 0 atom stereocenters. The molecule has 2 aromatic rings. The molecule has 0 aromatic heterocycles. The average molecular weight is 473 g/mol. The van der Waals surface area contributed by atoms with E-state index in [1.807, 2.05) is 30.3 Å². The molecule has 0 N–H and O–H groups in total. The summed E-state index contributed by atoms with van der Waals surface area (Å²) in [5.74, 6) is 0.460.